The summed E-state index contributed by atoms with van der Waals surface area (Å²) in [5, 5.41) is 10.0. The van der Waals surface area contributed by atoms with E-state index in [1.54, 1.807) is 5.57 Å². The monoisotopic (exact) mass is 396 g/mol. The van der Waals surface area contributed by atoms with Gasteiger partial charge in [-0.25, -0.2) is 0 Å². The highest BCUT2D eigenvalue weighted by Gasteiger charge is 2.50. The van der Waals surface area contributed by atoms with Gasteiger partial charge in [-0.05, 0) is 91.9 Å². The van der Waals surface area contributed by atoms with Crippen LogP contribution in [0.25, 0.3) is 0 Å². The van der Waals surface area contributed by atoms with E-state index in [4.69, 9.17) is 0 Å². The molecule has 0 aromatic carbocycles. The zero-order valence-corrected chi connectivity index (χ0v) is 19.6. The summed E-state index contributed by atoms with van der Waals surface area (Å²) in [7, 11) is 0. The maximum Gasteiger partial charge on any atom is 0.0583 e. The number of aliphatic hydroxyl groups excluding tert-OH is 1. The molecule has 3 saturated carbocycles. The molecule has 0 saturated heterocycles. The van der Waals surface area contributed by atoms with Crippen molar-refractivity contribution >= 4 is 0 Å². The van der Waals surface area contributed by atoms with Gasteiger partial charge in [0.25, 0.3) is 0 Å². The van der Waals surface area contributed by atoms with E-state index in [0.29, 0.717) is 17.3 Å². The molecule has 0 bridgehead atoms. The van der Waals surface area contributed by atoms with Crippen molar-refractivity contribution in [2.45, 2.75) is 92.1 Å². The maximum atomic E-state index is 10.0. The second-order valence-corrected chi connectivity index (χ2v) is 10.9. The van der Waals surface area contributed by atoms with Crippen LogP contribution < -0.4 is 0 Å². The van der Waals surface area contributed by atoms with Crippen molar-refractivity contribution in [3.63, 3.8) is 0 Å². The molecule has 1 heteroatoms. The fourth-order valence-corrected chi connectivity index (χ4v) is 6.25. The largest absolute Gasteiger partial charge is 0.393 e. The average Bonchev–Trinajstić information content (AvgIpc) is 3.04. The SMILES string of the molecule is C=C1CC[C@H](O)C/C1=C/C=C1\CCC[C@]2(C)[C@@H]1CC[C@@H]2[C@@H](C)/C=C/[C@H](C)C(C)C. The molecule has 0 aromatic heterocycles. The smallest absolute Gasteiger partial charge is 0.0583 e. The quantitative estimate of drug-likeness (QED) is 0.473. The summed E-state index contributed by atoms with van der Waals surface area (Å²) in [4.78, 5) is 0. The summed E-state index contributed by atoms with van der Waals surface area (Å²) in [6.45, 7) is 16.3. The van der Waals surface area contributed by atoms with Gasteiger partial charge in [-0.3, -0.25) is 0 Å². The Morgan fingerprint density at radius 1 is 1.03 bits per heavy atom. The van der Waals surface area contributed by atoms with Crippen molar-refractivity contribution in [3.05, 3.63) is 47.6 Å². The first-order chi connectivity index (χ1) is 13.7. The Kier molecular flexibility index (Phi) is 7.31. The summed E-state index contributed by atoms with van der Waals surface area (Å²) in [5.41, 5.74) is 4.61. The minimum Gasteiger partial charge on any atom is -0.393 e. The van der Waals surface area contributed by atoms with Crippen molar-refractivity contribution in [1.82, 2.24) is 0 Å². The molecule has 1 nitrogen and oxygen atoms in total. The first kappa shape index (κ1) is 22.6. The van der Waals surface area contributed by atoms with E-state index in [1.165, 1.54) is 43.3 Å². The fraction of sp³-hybridized carbons (Fsp3) is 0.714. The second kappa shape index (κ2) is 9.38. The number of hydrogen-bond acceptors (Lipinski definition) is 1. The van der Waals surface area contributed by atoms with Crippen molar-refractivity contribution in [2.24, 2.45) is 35.0 Å². The normalized spacial score (nSPS) is 38.2. The van der Waals surface area contributed by atoms with Crippen LogP contribution in [0, 0.1) is 35.0 Å². The highest BCUT2D eigenvalue weighted by atomic mass is 16.3. The van der Waals surface area contributed by atoms with Gasteiger partial charge in [-0.2, -0.15) is 0 Å². The van der Waals surface area contributed by atoms with Gasteiger partial charge in [-0.1, -0.05) is 76.6 Å². The standard InChI is InChI=1S/C28H44O/c1-19(2)20(3)9-10-22(5)26-15-16-27-23(8-7-17-28(26,27)6)12-13-24-18-25(29)14-11-21(24)4/h9-10,12-13,19-20,22,25-27,29H,4,7-8,11,14-18H2,1-3,5-6H3/b10-9+,23-12+,24-13-/t20-,22-,25-,26+,27+,28-/m0/s1. The number of hydrogen-bond donors (Lipinski definition) is 1. The van der Waals surface area contributed by atoms with Crippen molar-refractivity contribution in [3.8, 4) is 0 Å². The third-order valence-electron chi connectivity index (χ3n) is 8.63. The lowest BCUT2D eigenvalue weighted by molar-refractivity contribution is 0.112. The molecule has 0 unspecified atom stereocenters. The van der Waals surface area contributed by atoms with Gasteiger partial charge in [-0.15, -0.1) is 0 Å². The molecule has 0 amide bonds. The number of fused-ring (bicyclic) bond motifs is 1. The summed E-state index contributed by atoms with van der Waals surface area (Å²) in [5.74, 6) is 3.58. The topological polar surface area (TPSA) is 20.2 Å². The van der Waals surface area contributed by atoms with Crippen molar-refractivity contribution in [1.29, 1.82) is 0 Å². The van der Waals surface area contributed by atoms with Crippen LogP contribution in [-0.4, -0.2) is 11.2 Å². The molecule has 0 spiro atoms. The van der Waals surface area contributed by atoms with Crippen LogP contribution in [0.15, 0.2) is 47.6 Å². The predicted octanol–water partition coefficient (Wildman–Crippen LogP) is 7.64. The highest BCUT2D eigenvalue weighted by Crippen LogP contribution is 2.59. The van der Waals surface area contributed by atoms with Gasteiger partial charge < -0.3 is 5.11 Å². The molecule has 6 atom stereocenters. The van der Waals surface area contributed by atoms with Crippen LogP contribution in [0.2, 0.25) is 0 Å². The lowest BCUT2D eigenvalue weighted by Gasteiger charge is -2.44. The van der Waals surface area contributed by atoms with Gasteiger partial charge in [0, 0.05) is 0 Å². The molecule has 3 aliphatic carbocycles. The van der Waals surface area contributed by atoms with Gasteiger partial charge in [0.05, 0.1) is 6.10 Å². The first-order valence-corrected chi connectivity index (χ1v) is 12.2. The Balaban J connectivity index is 1.75. The summed E-state index contributed by atoms with van der Waals surface area (Å²) >= 11 is 0. The first-order valence-electron chi connectivity index (χ1n) is 12.2. The molecule has 162 valence electrons. The molecule has 3 aliphatic rings. The molecule has 1 N–H and O–H groups in total. The number of allylic oxidation sites excluding steroid dienone is 6. The van der Waals surface area contributed by atoms with E-state index >= 15 is 0 Å². The zero-order chi connectivity index (χ0) is 21.2. The Morgan fingerprint density at radius 2 is 1.79 bits per heavy atom. The minimum atomic E-state index is -0.182. The molecular formula is C28H44O. The van der Waals surface area contributed by atoms with Gasteiger partial charge in [0.2, 0.25) is 0 Å². The van der Waals surface area contributed by atoms with Crippen LogP contribution in [0.5, 0.6) is 0 Å². The third-order valence-corrected chi connectivity index (χ3v) is 8.63. The Labute approximate surface area is 180 Å². The van der Waals surface area contributed by atoms with E-state index in [-0.39, 0.29) is 6.10 Å². The van der Waals surface area contributed by atoms with Crippen molar-refractivity contribution in [2.75, 3.05) is 0 Å². The Hall–Kier alpha value is -1.08. The van der Waals surface area contributed by atoms with Crippen LogP contribution in [0.3, 0.4) is 0 Å². The van der Waals surface area contributed by atoms with E-state index in [1.807, 2.05) is 0 Å². The lowest BCUT2D eigenvalue weighted by Crippen LogP contribution is -2.35. The van der Waals surface area contributed by atoms with Crippen LogP contribution in [0.4, 0.5) is 0 Å². The van der Waals surface area contributed by atoms with E-state index in [0.717, 1.165) is 37.0 Å². The number of rotatable bonds is 5. The van der Waals surface area contributed by atoms with E-state index < -0.39 is 0 Å². The molecule has 0 radical (unpaired) electrons. The molecule has 29 heavy (non-hydrogen) atoms. The van der Waals surface area contributed by atoms with Crippen LogP contribution in [-0.2, 0) is 0 Å². The Bertz CT molecular complexity index is 678. The molecule has 0 aliphatic heterocycles. The average molecular weight is 397 g/mol. The summed E-state index contributed by atoms with van der Waals surface area (Å²) < 4.78 is 0. The van der Waals surface area contributed by atoms with Crippen LogP contribution in [0.1, 0.15) is 86.0 Å². The summed E-state index contributed by atoms with van der Waals surface area (Å²) in [6.07, 6.45) is 18.8. The number of aliphatic hydroxyl groups is 1. The van der Waals surface area contributed by atoms with E-state index in [9.17, 15) is 5.11 Å². The summed E-state index contributed by atoms with van der Waals surface area (Å²) in [6, 6.07) is 0. The molecule has 3 rings (SSSR count). The minimum absolute atomic E-state index is 0.182. The molecular weight excluding hydrogens is 352 g/mol. The maximum absolute atomic E-state index is 10.0. The van der Waals surface area contributed by atoms with Crippen LogP contribution >= 0.6 is 0 Å². The molecule has 0 heterocycles. The molecule has 0 aromatic rings. The Morgan fingerprint density at radius 3 is 2.52 bits per heavy atom. The highest BCUT2D eigenvalue weighted by molar-refractivity contribution is 5.36. The molecule has 3 fully saturated rings. The second-order valence-electron chi connectivity index (χ2n) is 10.9. The van der Waals surface area contributed by atoms with Gasteiger partial charge in [0.1, 0.15) is 0 Å². The van der Waals surface area contributed by atoms with Gasteiger partial charge in [0.15, 0.2) is 0 Å². The van der Waals surface area contributed by atoms with Crippen molar-refractivity contribution < 1.29 is 5.11 Å². The van der Waals surface area contributed by atoms with E-state index in [2.05, 4.69) is 65.5 Å². The third kappa shape index (κ3) is 4.98. The zero-order valence-electron chi connectivity index (χ0n) is 19.6. The fourth-order valence-electron chi connectivity index (χ4n) is 6.25. The predicted molar refractivity (Wildman–Crippen MR) is 126 cm³/mol. The lowest BCUT2D eigenvalue weighted by atomic mass is 9.61. The van der Waals surface area contributed by atoms with Gasteiger partial charge >= 0.3 is 0 Å².